The van der Waals surface area contributed by atoms with Gasteiger partial charge in [0.2, 0.25) is 0 Å². The average molecular weight is 254 g/mol. The first-order valence-corrected chi connectivity index (χ1v) is 7.25. The van der Waals surface area contributed by atoms with Crippen molar-refractivity contribution in [1.29, 1.82) is 0 Å². The highest BCUT2D eigenvalue weighted by Crippen LogP contribution is 2.29. The standard InChI is InChI=1S/C13H22N2OS/c1-4-16-12-7-5-6-11(13(12)14)15-9-8-10(2)17-3/h5-7,10,15H,4,8-9,14H2,1-3H3. The highest BCUT2D eigenvalue weighted by Gasteiger charge is 2.05. The molecule has 0 aliphatic rings. The van der Waals surface area contributed by atoms with Crippen LogP contribution in [0.15, 0.2) is 18.2 Å². The van der Waals surface area contributed by atoms with Gasteiger partial charge in [0.05, 0.1) is 18.0 Å². The normalized spacial score (nSPS) is 12.2. The average Bonchev–Trinajstić information content (AvgIpc) is 2.33. The monoisotopic (exact) mass is 254 g/mol. The highest BCUT2D eigenvalue weighted by molar-refractivity contribution is 7.99. The van der Waals surface area contributed by atoms with Crippen molar-refractivity contribution in [3.05, 3.63) is 18.2 Å². The van der Waals surface area contributed by atoms with Crippen LogP contribution in [0.5, 0.6) is 5.75 Å². The molecule has 1 atom stereocenters. The van der Waals surface area contributed by atoms with Crippen molar-refractivity contribution in [1.82, 2.24) is 0 Å². The van der Waals surface area contributed by atoms with Crippen molar-refractivity contribution in [2.45, 2.75) is 25.5 Å². The lowest BCUT2D eigenvalue weighted by Gasteiger charge is -2.14. The van der Waals surface area contributed by atoms with Crippen molar-refractivity contribution in [3.8, 4) is 5.75 Å². The first-order valence-electron chi connectivity index (χ1n) is 5.97. The van der Waals surface area contributed by atoms with E-state index < -0.39 is 0 Å². The fourth-order valence-electron chi connectivity index (χ4n) is 1.51. The van der Waals surface area contributed by atoms with E-state index in [-0.39, 0.29) is 0 Å². The minimum Gasteiger partial charge on any atom is -0.492 e. The molecule has 1 aromatic carbocycles. The van der Waals surface area contributed by atoms with Crippen molar-refractivity contribution in [2.24, 2.45) is 0 Å². The molecular weight excluding hydrogens is 232 g/mol. The quantitative estimate of drug-likeness (QED) is 0.733. The second-order valence-electron chi connectivity index (χ2n) is 3.91. The number of nitrogens with two attached hydrogens (primary N) is 1. The van der Waals surface area contributed by atoms with E-state index in [0.717, 1.165) is 24.4 Å². The third-order valence-electron chi connectivity index (χ3n) is 2.63. The Labute approximate surface area is 108 Å². The topological polar surface area (TPSA) is 47.3 Å². The van der Waals surface area contributed by atoms with E-state index in [1.807, 2.05) is 36.9 Å². The number of hydrogen-bond acceptors (Lipinski definition) is 4. The number of thioether (sulfide) groups is 1. The second-order valence-corrected chi connectivity index (χ2v) is 5.19. The van der Waals surface area contributed by atoms with Gasteiger partial charge in [-0.2, -0.15) is 11.8 Å². The number of hydrogen-bond donors (Lipinski definition) is 2. The summed E-state index contributed by atoms with van der Waals surface area (Å²) < 4.78 is 5.46. The molecule has 1 aromatic rings. The maximum atomic E-state index is 6.03. The smallest absolute Gasteiger partial charge is 0.144 e. The van der Waals surface area contributed by atoms with Gasteiger partial charge in [-0.15, -0.1) is 0 Å². The Balaban J connectivity index is 2.56. The lowest BCUT2D eigenvalue weighted by Crippen LogP contribution is -2.09. The number of nitrogen functional groups attached to an aromatic ring is 1. The van der Waals surface area contributed by atoms with Crippen LogP contribution < -0.4 is 15.8 Å². The van der Waals surface area contributed by atoms with Crippen LogP contribution in [0.1, 0.15) is 20.3 Å². The summed E-state index contributed by atoms with van der Waals surface area (Å²) in [5.41, 5.74) is 7.69. The fraction of sp³-hybridized carbons (Fsp3) is 0.538. The van der Waals surface area contributed by atoms with Crippen LogP contribution in [0, 0.1) is 0 Å². The van der Waals surface area contributed by atoms with Gasteiger partial charge in [-0.25, -0.2) is 0 Å². The third kappa shape index (κ3) is 4.38. The third-order valence-corrected chi connectivity index (χ3v) is 3.68. The number of benzene rings is 1. The predicted octanol–water partition coefficient (Wildman–Crippen LogP) is 3.22. The zero-order valence-corrected chi connectivity index (χ0v) is 11.6. The zero-order chi connectivity index (χ0) is 12.7. The zero-order valence-electron chi connectivity index (χ0n) is 10.8. The minimum absolute atomic E-state index is 0.636. The Bertz CT molecular complexity index is 344. The first-order chi connectivity index (χ1) is 8.19. The summed E-state index contributed by atoms with van der Waals surface area (Å²) in [6, 6.07) is 5.85. The number of rotatable bonds is 7. The number of anilines is 2. The Hall–Kier alpha value is -1.03. The van der Waals surface area contributed by atoms with Gasteiger partial charge < -0.3 is 15.8 Å². The van der Waals surface area contributed by atoms with E-state index in [2.05, 4.69) is 18.5 Å². The number of para-hydroxylation sites is 1. The van der Waals surface area contributed by atoms with Crippen molar-refractivity contribution in [2.75, 3.05) is 30.5 Å². The van der Waals surface area contributed by atoms with Gasteiger partial charge >= 0.3 is 0 Å². The maximum absolute atomic E-state index is 6.03. The van der Waals surface area contributed by atoms with Crippen LogP contribution in [0.2, 0.25) is 0 Å². The van der Waals surface area contributed by atoms with Crippen LogP contribution in [0.4, 0.5) is 11.4 Å². The Morgan fingerprint density at radius 2 is 2.24 bits per heavy atom. The summed E-state index contributed by atoms with van der Waals surface area (Å²) in [6.45, 7) is 5.75. The summed E-state index contributed by atoms with van der Waals surface area (Å²) >= 11 is 1.88. The molecule has 1 rings (SSSR count). The van der Waals surface area contributed by atoms with Crippen LogP contribution in [0.3, 0.4) is 0 Å². The number of ether oxygens (including phenoxy) is 1. The molecule has 0 radical (unpaired) electrons. The second kappa shape index (κ2) is 7.33. The van der Waals surface area contributed by atoms with E-state index in [9.17, 15) is 0 Å². The molecule has 0 saturated carbocycles. The number of nitrogens with one attached hydrogen (secondary N) is 1. The van der Waals surface area contributed by atoms with Crippen LogP contribution in [-0.4, -0.2) is 24.7 Å². The minimum atomic E-state index is 0.636. The first kappa shape index (κ1) is 14.0. The molecule has 0 aliphatic heterocycles. The molecule has 0 heterocycles. The Morgan fingerprint density at radius 1 is 1.47 bits per heavy atom. The fourth-order valence-corrected chi connectivity index (χ4v) is 1.86. The van der Waals surface area contributed by atoms with Gasteiger partial charge in [0.15, 0.2) is 0 Å². The Kier molecular flexibility index (Phi) is 6.05. The van der Waals surface area contributed by atoms with E-state index in [4.69, 9.17) is 10.5 Å². The predicted molar refractivity (Wildman–Crippen MR) is 78.1 cm³/mol. The molecule has 0 spiro atoms. The van der Waals surface area contributed by atoms with Crippen LogP contribution in [-0.2, 0) is 0 Å². The molecule has 0 amide bonds. The lowest BCUT2D eigenvalue weighted by molar-refractivity contribution is 0.342. The van der Waals surface area contributed by atoms with E-state index >= 15 is 0 Å². The van der Waals surface area contributed by atoms with Gasteiger partial charge in [0.25, 0.3) is 0 Å². The van der Waals surface area contributed by atoms with E-state index in [0.29, 0.717) is 17.5 Å². The molecule has 3 nitrogen and oxygen atoms in total. The van der Waals surface area contributed by atoms with Gasteiger partial charge in [-0.3, -0.25) is 0 Å². The molecule has 17 heavy (non-hydrogen) atoms. The molecule has 96 valence electrons. The molecule has 0 bridgehead atoms. The molecule has 0 aliphatic carbocycles. The summed E-state index contributed by atoms with van der Waals surface area (Å²) in [4.78, 5) is 0. The molecule has 0 aromatic heterocycles. The summed E-state index contributed by atoms with van der Waals surface area (Å²) in [7, 11) is 0. The van der Waals surface area contributed by atoms with Crippen molar-refractivity contribution in [3.63, 3.8) is 0 Å². The maximum Gasteiger partial charge on any atom is 0.144 e. The van der Waals surface area contributed by atoms with Crippen molar-refractivity contribution >= 4 is 23.1 Å². The Morgan fingerprint density at radius 3 is 2.88 bits per heavy atom. The van der Waals surface area contributed by atoms with Gasteiger partial charge in [-0.1, -0.05) is 13.0 Å². The molecule has 4 heteroatoms. The van der Waals surface area contributed by atoms with Gasteiger partial charge in [0, 0.05) is 11.8 Å². The summed E-state index contributed by atoms with van der Waals surface area (Å²) in [6.07, 6.45) is 3.26. The molecule has 0 fully saturated rings. The van der Waals surface area contributed by atoms with E-state index in [1.165, 1.54) is 0 Å². The highest BCUT2D eigenvalue weighted by atomic mass is 32.2. The van der Waals surface area contributed by atoms with Crippen LogP contribution >= 0.6 is 11.8 Å². The van der Waals surface area contributed by atoms with E-state index in [1.54, 1.807) is 0 Å². The molecular formula is C13H22N2OS. The van der Waals surface area contributed by atoms with Crippen LogP contribution in [0.25, 0.3) is 0 Å². The van der Waals surface area contributed by atoms with Gasteiger partial charge in [0.1, 0.15) is 5.75 Å². The largest absolute Gasteiger partial charge is 0.492 e. The van der Waals surface area contributed by atoms with Gasteiger partial charge in [-0.05, 0) is 31.7 Å². The molecule has 1 unspecified atom stereocenters. The van der Waals surface area contributed by atoms with Crippen molar-refractivity contribution < 1.29 is 4.74 Å². The molecule has 3 N–H and O–H groups in total. The SMILES string of the molecule is CCOc1cccc(NCCC(C)SC)c1N. The summed E-state index contributed by atoms with van der Waals surface area (Å²) in [5.74, 6) is 0.760. The molecule has 0 saturated heterocycles. The summed E-state index contributed by atoms with van der Waals surface area (Å²) in [5, 5.41) is 4.02. The lowest BCUT2D eigenvalue weighted by atomic mass is 10.2.